The summed E-state index contributed by atoms with van der Waals surface area (Å²) in [5, 5.41) is 0.649. The normalized spacial score (nSPS) is 15.1. The molecule has 172 valence electrons. The number of nitrogens with zero attached hydrogens (tertiary/aromatic N) is 2. The van der Waals surface area contributed by atoms with Gasteiger partial charge in [0.05, 0.1) is 39.9 Å². The van der Waals surface area contributed by atoms with E-state index in [1.165, 1.54) is 30.2 Å². The monoisotopic (exact) mass is 486 g/mol. The van der Waals surface area contributed by atoms with Crippen molar-refractivity contribution in [2.45, 2.75) is 6.04 Å². The van der Waals surface area contributed by atoms with E-state index >= 15 is 0 Å². The van der Waals surface area contributed by atoms with E-state index in [1.54, 1.807) is 48.5 Å². The van der Waals surface area contributed by atoms with Crippen LogP contribution in [0.2, 0.25) is 0 Å². The van der Waals surface area contributed by atoms with Crippen LogP contribution in [0.1, 0.15) is 38.1 Å². The number of methoxy groups -OCH3 is 1. The summed E-state index contributed by atoms with van der Waals surface area (Å²) in [4.78, 5) is 45.1. The maximum absolute atomic E-state index is 13.8. The second-order valence-corrected chi connectivity index (χ2v) is 8.98. The molecular weight excluding hydrogens is 471 g/mol. The number of esters is 1. The molecule has 0 fully saturated rings. The zero-order valence-electron chi connectivity index (χ0n) is 18.2. The van der Waals surface area contributed by atoms with Gasteiger partial charge in [0.15, 0.2) is 10.6 Å². The van der Waals surface area contributed by atoms with E-state index in [0.717, 1.165) is 11.3 Å². The Balaban J connectivity index is 1.59. The first-order chi connectivity index (χ1) is 17.0. The first kappa shape index (κ1) is 21.2. The van der Waals surface area contributed by atoms with Crippen LogP contribution in [-0.4, -0.2) is 24.0 Å². The highest BCUT2D eigenvalue weighted by Crippen LogP contribution is 2.43. The van der Waals surface area contributed by atoms with Gasteiger partial charge in [0.25, 0.3) is 5.91 Å². The van der Waals surface area contributed by atoms with Crippen LogP contribution in [0.25, 0.3) is 21.2 Å². The lowest BCUT2D eigenvalue weighted by Crippen LogP contribution is -2.29. The molecule has 3 aromatic carbocycles. The molecule has 0 radical (unpaired) electrons. The van der Waals surface area contributed by atoms with Crippen molar-refractivity contribution in [3.63, 3.8) is 0 Å². The highest BCUT2D eigenvalue weighted by atomic mass is 32.1. The minimum absolute atomic E-state index is 0.0684. The standard InChI is InChI=1S/C26H15FN2O5S/c1-33-25(32)14-8-6-13(7-9-14)21-20-22(30)16-4-2-3-5-18(16)34-23(20)24(31)29(21)26-28-17-11-10-15(27)12-19(17)35-26/h2-12,21H,1H3/t21-/m1/s1. The van der Waals surface area contributed by atoms with Gasteiger partial charge >= 0.3 is 5.97 Å². The number of hydrogen-bond acceptors (Lipinski definition) is 7. The van der Waals surface area contributed by atoms with Crippen LogP contribution >= 0.6 is 11.3 Å². The lowest BCUT2D eigenvalue weighted by Gasteiger charge is -2.22. The Morgan fingerprint density at radius 3 is 2.63 bits per heavy atom. The summed E-state index contributed by atoms with van der Waals surface area (Å²) in [6, 6.07) is 16.5. The molecule has 1 aliphatic heterocycles. The lowest BCUT2D eigenvalue weighted by molar-refractivity contribution is 0.0600. The summed E-state index contributed by atoms with van der Waals surface area (Å²) >= 11 is 1.14. The molecule has 9 heteroatoms. The summed E-state index contributed by atoms with van der Waals surface area (Å²) in [5.41, 5.74) is 1.60. The van der Waals surface area contributed by atoms with Gasteiger partial charge in [-0.3, -0.25) is 14.5 Å². The van der Waals surface area contributed by atoms with Crippen LogP contribution in [0, 0.1) is 5.82 Å². The van der Waals surface area contributed by atoms with Gasteiger partial charge in [-0.15, -0.1) is 0 Å². The van der Waals surface area contributed by atoms with Crippen LogP contribution in [0.15, 0.2) is 75.9 Å². The number of para-hydroxylation sites is 1. The molecule has 0 N–H and O–H groups in total. The van der Waals surface area contributed by atoms with Crippen LogP contribution < -0.4 is 10.3 Å². The summed E-state index contributed by atoms with van der Waals surface area (Å²) < 4.78 is 25.1. The third kappa shape index (κ3) is 3.23. The molecule has 1 aliphatic rings. The van der Waals surface area contributed by atoms with Gasteiger partial charge in [-0.1, -0.05) is 35.6 Å². The van der Waals surface area contributed by atoms with Crippen molar-refractivity contribution in [3.8, 4) is 0 Å². The molecular formula is C26H15FN2O5S. The van der Waals surface area contributed by atoms with E-state index in [0.29, 0.717) is 37.4 Å². The number of carbonyl (C=O) groups excluding carboxylic acids is 2. The highest BCUT2D eigenvalue weighted by molar-refractivity contribution is 7.22. The fourth-order valence-electron chi connectivity index (χ4n) is 4.34. The quantitative estimate of drug-likeness (QED) is 0.331. The Labute approximate surface area is 201 Å². The van der Waals surface area contributed by atoms with Gasteiger partial charge in [0.2, 0.25) is 5.76 Å². The third-order valence-electron chi connectivity index (χ3n) is 5.97. The van der Waals surface area contributed by atoms with E-state index in [4.69, 9.17) is 9.15 Å². The van der Waals surface area contributed by atoms with Crippen molar-refractivity contribution in [2.75, 3.05) is 12.0 Å². The fraction of sp³-hybridized carbons (Fsp3) is 0.0769. The number of halogens is 1. The molecule has 0 bridgehead atoms. The summed E-state index contributed by atoms with van der Waals surface area (Å²) in [6.07, 6.45) is 0. The zero-order valence-corrected chi connectivity index (χ0v) is 19.0. The summed E-state index contributed by atoms with van der Waals surface area (Å²) in [7, 11) is 1.29. The van der Waals surface area contributed by atoms with Crippen molar-refractivity contribution in [1.82, 2.24) is 4.98 Å². The zero-order chi connectivity index (χ0) is 24.3. The Hall–Kier alpha value is -4.37. The molecule has 0 saturated carbocycles. The molecule has 0 spiro atoms. The number of ether oxygens (including phenoxy) is 1. The van der Waals surface area contributed by atoms with Gasteiger partial charge in [0, 0.05) is 0 Å². The molecule has 0 aliphatic carbocycles. The van der Waals surface area contributed by atoms with E-state index in [-0.39, 0.29) is 16.8 Å². The van der Waals surface area contributed by atoms with Crippen molar-refractivity contribution >= 4 is 49.5 Å². The Morgan fingerprint density at radius 2 is 1.86 bits per heavy atom. The molecule has 7 nitrogen and oxygen atoms in total. The second-order valence-electron chi connectivity index (χ2n) is 7.97. The number of amides is 1. The minimum Gasteiger partial charge on any atom is -0.465 e. The number of fused-ring (bicyclic) bond motifs is 3. The SMILES string of the molecule is COC(=O)c1ccc([C@@H]2c3c(oc4ccccc4c3=O)C(=O)N2c2nc3ccc(F)cc3s2)cc1. The average Bonchev–Trinajstić information content (AvgIpc) is 3.42. The van der Waals surface area contributed by atoms with Gasteiger partial charge < -0.3 is 9.15 Å². The number of anilines is 1. The summed E-state index contributed by atoms with van der Waals surface area (Å²) in [5.74, 6) is -1.51. The van der Waals surface area contributed by atoms with Crippen molar-refractivity contribution in [3.05, 3.63) is 105 Å². The Morgan fingerprint density at radius 1 is 1.09 bits per heavy atom. The topological polar surface area (TPSA) is 89.7 Å². The molecule has 3 heterocycles. The minimum atomic E-state index is -0.851. The third-order valence-corrected chi connectivity index (χ3v) is 6.99. The smallest absolute Gasteiger partial charge is 0.337 e. The largest absolute Gasteiger partial charge is 0.465 e. The molecule has 35 heavy (non-hydrogen) atoms. The number of rotatable bonds is 3. The van der Waals surface area contributed by atoms with Gasteiger partial charge in [0.1, 0.15) is 11.4 Å². The van der Waals surface area contributed by atoms with E-state index in [1.807, 2.05) is 0 Å². The number of thiazole rings is 1. The first-order valence-electron chi connectivity index (χ1n) is 10.6. The number of hydrogen-bond donors (Lipinski definition) is 0. The van der Waals surface area contributed by atoms with Crippen molar-refractivity contribution in [1.29, 1.82) is 0 Å². The molecule has 2 aromatic heterocycles. The Kier molecular flexibility index (Phi) is 4.75. The van der Waals surface area contributed by atoms with Crippen molar-refractivity contribution in [2.24, 2.45) is 0 Å². The number of carbonyl (C=O) groups is 2. The average molecular weight is 486 g/mol. The second kappa shape index (κ2) is 7.85. The summed E-state index contributed by atoms with van der Waals surface area (Å²) in [6.45, 7) is 0. The lowest BCUT2D eigenvalue weighted by atomic mass is 9.98. The van der Waals surface area contributed by atoms with E-state index < -0.39 is 23.7 Å². The van der Waals surface area contributed by atoms with Crippen molar-refractivity contribution < 1.29 is 23.1 Å². The number of benzene rings is 3. The Bertz CT molecular complexity index is 1720. The van der Waals surface area contributed by atoms with Gasteiger partial charge in [-0.2, -0.15) is 0 Å². The van der Waals surface area contributed by atoms with Crippen LogP contribution in [0.4, 0.5) is 9.52 Å². The fourth-order valence-corrected chi connectivity index (χ4v) is 5.36. The van der Waals surface area contributed by atoms with Crippen LogP contribution in [-0.2, 0) is 4.74 Å². The predicted octanol–water partition coefficient (Wildman–Crippen LogP) is 5.08. The molecule has 0 unspecified atom stereocenters. The molecule has 5 aromatic rings. The van der Waals surface area contributed by atoms with Gasteiger partial charge in [-0.25, -0.2) is 14.2 Å². The predicted molar refractivity (Wildman–Crippen MR) is 128 cm³/mol. The van der Waals surface area contributed by atoms with Crippen LogP contribution in [0.5, 0.6) is 0 Å². The maximum atomic E-state index is 13.8. The molecule has 6 rings (SSSR count). The maximum Gasteiger partial charge on any atom is 0.337 e. The highest BCUT2D eigenvalue weighted by Gasteiger charge is 2.45. The molecule has 1 amide bonds. The van der Waals surface area contributed by atoms with Gasteiger partial charge in [-0.05, 0) is 48.0 Å². The number of aromatic nitrogens is 1. The van der Waals surface area contributed by atoms with E-state index in [9.17, 15) is 18.8 Å². The van der Waals surface area contributed by atoms with E-state index in [2.05, 4.69) is 4.98 Å². The van der Waals surface area contributed by atoms with Crippen LogP contribution in [0.3, 0.4) is 0 Å². The first-order valence-corrected chi connectivity index (χ1v) is 11.4. The molecule has 0 saturated heterocycles. The molecule has 1 atom stereocenters.